The van der Waals surface area contributed by atoms with Crippen molar-refractivity contribution in [2.75, 3.05) is 25.5 Å². The van der Waals surface area contributed by atoms with Gasteiger partial charge in [0.05, 0.1) is 7.11 Å². The van der Waals surface area contributed by atoms with Gasteiger partial charge in [-0.3, -0.25) is 0 Å². The molecule has 156 valence electrons. The van der Waals surface area contributed by atoms with Crippen LogP contribution in [0.15, 0.2) is 42.6 Å². The zero-order valence-electron chi connectivity index (χ0n) is 17.3. The van der Waals surface area contributed by atoms with E-state index in [1.807, 2.05) is 47.5 Å². The molecule has 0 spiro atoms. The molecular formula is C23H27N5O2. The number of carbonyl (C=O) groups excluding carboxylic acids is 1. The number of hydrogen-bond donors (Lipinski definition) is 1. The number of carbonyl (C=O) groups is 1. The molecule has 2 amide bonds. The molecule has 5 rings (SSSR count). The molecule has 0 radical (unpaired) electrons. The Morgan fingerprint density at radius 2 is 2.13 bits per heavy atom. The van der Waals surface area contributed by atoms with Gasteiger partial charge in [-0.05, 0) is 55.9 Å². The van der Waals surface area contributed by atoms with E-state index in [4.69, 9.17) is 9.72 Å². The summed E-state index contributed by atoms with van der Waals surface area (Å²) in [7, 11) is 1.63. The number of ether oxygens (including phenoxy) is 1. The number of nitrogens with one attached hydrogen (secondary N) is 1. The van der Waals surface area contributed by atoms with Crippen molar-refractivity contribution in [1.29, 1.82) is 0 Å². The molecule has 2 aliphatic rings. The van der Waals surface area contributed by atoms with Crippen molar-refractivity contribution in [1.82, 2.24) is 19.4 Å². The van der Waals surface area contributed by atoms with Crippen LogP contribution in [0, 0.1) is 5.92 Å². The maximum atomic E-state index is 12.9. The number of urea groups is 1. The second-order valence-corrected chi connectivity index (χ2v) is 8.32. The summed E-state index contributed by atoms with van der Waals surface area (Å²) in [5.74, 6) is 2.86. The number of pyridine rings is 1. The van der Waals surface area contributed by atoms with Crippen molar-refractivity contribution < 1.29 is 9.53 Å². The number of aromatic nitrogens is 3. The molecule has 1 atom stereocenters. The lowest BCUT2D eigenvalue weighted by molar-refractivity contribution is 0.170. The van der Waals surface area contributed by atoms with E-state index in [0.29, 0.717) is 11.8 Å². The van der Waals surface area contributed by atoms with Gasteiger partial charge < -0.3 is 19.5 Å². The number of rotatable bonds is 5. The van der Waals surface area contributed by atoms with Crippen LogP contribution in [0.1, 0.15) is 37.4 Å². The minimum absolute atomic E-state index is 0.0519. The molecule has 0 bridgehead atoms. The molecule has 7 heteroatoms. The predicted octanol–water partition coefficient (Wildman–Crippen LogP) is 4.26. The van der Waals surface area contributed by atoms with Crippen LogP contribution in [0.4, 0.5) is 10.5 Å². The lowest BCUT2D eigenvalue weighted by Crippen LogP contribution is -2.43. The Labute approximate surface area is 176 Å². The summed E-state index contributed by atoms with van der Waals surface area (Å²) < 4.78 is 7.56. The fraction of sp³-hybridized carbons (Fsp3) is 0.435. The molecule has 3 aromatic rings. The summed E-state index contributed by atoms with van der Waals surface area (Å²) in [6, 6.07) is 11.4. The number of piperidine rings is 1. The van der Waals surface area contributed by atoms with Crippen molar-refractivity contribution in [3.63, 3.8) is 0 Å². The maximum absolute atomic E-state index is 12.9. The Kier molecular flexibility index (Phi) is 5.02. The smallest absolute Gasteiger partial charge is 0.321 e. The number of nitrogens with zero attached hydrogens (tertiary/aromatic N) is 4. The molecule has 1 aliphatic carbocycles. The molecule has 1 aromatic carbocycles. The van der Waals surface area contributed by atoms with Gasteiger partial charge in [0, 0.05) is 43.5 Å². The molecular weight excluding hydrogens is 378 g/mol. The lowest BCUT2D eigenvalue weighted by atomic mass is 9.98. The summed E-state index contributed by atoms with van der Waals surface area (Å²) >= 11 is 0. The zero-order chi connectivity index (χ0) is 20.5. The fourth-order valence-corrected chi connectivity index (χ4v) is 4.37. The Morgan fingerprint density at radius 1 is 1.23 bits per heavy atom. The van der Waals surface area contributed by atoms with Crippen molar-refractivity contribution in [3.8, 4) is 5.75 Å². The van der Waals surface area contributed by atoms with Gasteiger partial charge >= 0.3 is 6.03 Å². The minimum atomic E-state index is -0.0519. The van der Waals surface area contributed by atoms with Crippen LogP contribution in [0.25, 0.3) is 11.2 Å². The van der Waals surface area contributed by atoms with E-state index in [0.717, 1.165) is 55.1 Å². The van der Waals surface area contributed by atoms with Crippen LogP contribution in [-0.2, 0) is 6.54 Å². The van der Waals surface area contributed by atoms with E-state index in [1.54, 1.807) is 7.11 Å². The first-order chi connectivity index (χ1) is 14.7. The summed E-state index contributed by atoms with van der Waals surface area (Å²) in [6.07, 6.45) is 6.38. The third-order valence-electron chi connectivity index (χ3n) is 6.04. The van der Waals surface area contributed by atoms with Gasteiger partial charge in [0.1, 0.15) is 17.1 Å². The third-order valence-corrected chi connectivity index (χ3v) is 6.04. The summed E-state index contributed by atoms with van der Waals surface area (Å²) in [6.45, 7) is 2.39. The topological polar surface area (TPSA) is 72.3 Å². The molecule has 2 fully saturated rings. The van der Waals surface area contributed by atoms with E-state index in [9.17, 15) is 4.79 Å². The molecule has 1 unspecified atom stereocenters. The predicted molar refractivity (Wildman–Crippen MR) is 116 cm³/mol. The molecule has 2 aromatic heterocycles. The number of methoxy groups -OCH3 is 1. The molecule has 7 nitrogen and oxygen atoms in total. The van der Waals surface area contributed by atoms with Gasteiger partial charge in [0.25, 0.3) is 0 Å². The summed E-state index contributed by atoms with van der Waals surface area (Å²) in [4.78, 5) is 24.2. The van der Waals surface area contributed by atoms with Gasteiger partial charge in [-0.25, -0.2) is 14.8 Å². The number of benzene rings is 1. The average Bonchev–Trinajstić information content (AvgIpc) is 3.56. The highest BCUT2D eigenvalue weighted by molar-refractivity contribution is 5.89. The largest absolute Gasteiger partial charge is 0.497 e. The van der Waals surface area contributed by atoms with E-state index >= 15 is 0 Å². The number of anilines is 1. The first kappa shape index (κ1) is 18.9. The van der Waals surface area contributed by atoms with Gasteiger partial charge in [0.2, 0.25) is 0 Å². The highest BCUT2D eigenvalue weighted by atomic mass is 16.5. The quantitative estimate of drug-likeness (QED) is 0.688. The Morgan fingerprint density at radius 3 is 2.97 bits per heavy atom. The van der Waals surface area contributed by atoms with Crippen LogP contribution < -0.4 is 10.1 Å². The second kappa shape index (κ2) is 7.97. The van der Waals surface area contributed by atoms with Crippen LogP contribution in [0.2, 0.25) is 0 Å². The van der Waals surface area contributed by atoms with Gasteiger partial charge in [-0.1, -0.05) is 6.07 Å². The third kappa shape index (κ3) is 3.84. The van der Waals surface area contributed by atoms with Gasteiger partial charge in [0.15, 0.2) is 5.65 Å². The van der Waals surface area contributed by atoms with E-state index < -0.39 is 0 Å². The first-order valence-electron chi connectivity index (χ1n) is 10.7. The van der Waals surface area contributed by atoms with Crippen molar-refractivity contribution in [3.05, 3.63) is 48.4 Å². The first-order valence-corrected chi connectivity index (χ1v) is 10.7. The standard InChI is InChI=1S/C23H27N5O2/c1-30-19-7-2-6-18(13-19)25-23(29)27-12-4-5-16(14-27)15-28-21(17-9-10-17)26-20-8-3-11-24-22(20)28/h2-3,6-8,11,13,16-17H,4-5,9-10,12,14-15H2,1H3,(H,25,29). The van der Waals surface area contributed by atoms with E-state index in [1.165, 1.54) is 18.7 Å². The number of fused-ring (bicyclic) bond motifs is 1. The molecule has 1 N–H and O–H groups in total. The number of hydrogen-bond acceptors (Lipinski definition) is 4. The Bertz CT molecular complexity index is 1060. The fourth-order valence-electron chi connectivity index (χ4n) is 4.37. The second-order valence-electron chi connectivity index (χ2n) is 8.32. The number of amides is 2. The number of likely N-dealkylation sites (tertiary alicyclic amines) is 1. The van der Waals surface area contributed by atoms with Crippen LogP contribution in [0.3, 0.4) is 0 Å². The molecule has 3 heterocycles. The SMILES string of the molecule is COc1cccc(NC(=O)N2CCCC(Cn3c(C4CC4)nc4cccnc43)C2)c1. The maximum Gasteiger partial charge on any atom is 0.321 e. The van der Waals surface area contributed by atoms with Crippen LogP contribution in [0.5, 0.6) is 5.75 Å². The van der Waals surface area contributed by atoms with Crippen molar-refractivity contribution in [2.45, 2.75) is 38.1 Å². The average molecular weight is 406 g/mol. The van der Waals surface area contributed by atoms with Crippen LogP contribution >= 0.6 is 0 Å². The molecule has 1 aliphatic heterocycles. The Balaban J connectivity index is 1.30. The van der Waals surface area contributed by atoms with Crippen molar-refractivity contribution >= 4 is 22.9 Å². The summed E-state index contributed by atoms with van der Waals surface area (Å²) in [5, 5.41) is 3.01. The minimum Gasteiger partial charge on any atom is -0.497 e. The lowest BCUT2D eigenvalue weighted by Gasteiger charge is -2.33. The highest BCUT2D eigenvalue weighted by Crippen LogP contribution is 2.41. The van der Waals surface area contributed by atoms with Crippen LogP contribution in [-0.4, -0.2) is 45.7 Å². The Hall–Kier alpha value is -3.09. The van der Waals surface area contributed by atoms with Gasteiger partial charge in [-0.2, -0.15) is 0 Å². The number of imidazole rings is 1. The molecule has 30 heavy (non-hydrogen) atoms. The van der Waals surface area contributed by atoms with E-state index in [-0.39, 0.29) is 6.03 Å². The van der Waals surface area contributed by atoms with Gasteiger partial charge in [-0.15, -0.1) is 0 Å². The molecule has 1 saturated heterocycles. The molecule has 1 saturated carbocycles. The zero-order valence-corrected chi connectivity index (χ0v) is 17.3. The van der Waals surface area contributed by atoms with Crippen molar-refractivity contribution in [2.24, 2.45) is 5.92 Å². The van der Waals surface area contributed by atoms with E-state index in [2.05, 4.69) is 14.9 Å². The highest BCUT2D eigenvalue weighted by Gasteiger charge is 2.32. The summed E-state index contributed by atoms with van der Waals surface area (Å²) in [5.41, 5.74) is 2.70. The monoisotopic (exact) mass is 405 g/mol. The normalized spacial score (nSPS) is 19.1.